The van der Waals surface area contributed by atoms with Crippen molar-refractivity contribution >= 4 is 5.97 Å². The molecule has 1 aromatic carbocycles. The highest BCUT2D eigenvalue weighted by molar-refractivity contribution is 5.62. The first-order chi connectivity index (χ1) is 8.49. The molecule has 0 aromatic heterocycles. The Morgan fingerprint density at radius 2 is 1.83 bits per heavy atom. The third kappa shape index (κ3) is 8.55. The summed E-state index contributed by atoms with van der Waals surface area (Å²) < 4.78 is 0. The van der Waals surface area contributed by atoms with E-state index in [2.05, 4.69) is 11.8 Å². The molecule has 0 saturated heterocycles. The highest BCUT2D eigenvalue weighted by atomic mass is 16.4. The first-order valence-electron chi connectivity index (χ1n) is 5.89. The molecule has 0 aliphatic heterocycles. The van der Waals surface area contributed by atoms with Gasteiger partial charge in [0, 0.05) is 26.6 Å². The first-order valence-corrected chi connectivity index (χ1v) is 5.89. The van der Waals surface area contributed by atoms with E-state index in [1.807, 2.05) is 12.1 Å². The average molecular weight is 254 g/mol. The number of benzene rings is 1. The van der Waals surface area contributed by atoms with E-state index in [1.54, 1.807) is 12.1 Å². The van der Waals surface area contributed by atoms with Gasteiger partial charge in [-0.15, -0.1) is 0 Å². The number of nitrogens with zero attached hydrogens (tertiary/aromatic N) is 1. The minimum atomic E-state index is -0.833. The Morgan fingerprint density at radius 1 is 1.33 bits per heavy atom. The Bertz CT molecular complexity index is 335. The highest BCUT2D eigenvalue weighted by Gasteiger charge is 2.01. The van der Waals surface area contributed by atoms with E-state index in [4.69, 9.17) is 20.7 Å². The Kier molecular flexibility index (Phi) is 8.61. The summed E-state index contributed by atoms with van der Waals surface area (Å²) in [5.41, 5.74) is 6.71. The molecular weight excluding hydrogens is 232 g/mol. The number of phenols is 1. The second-order valence-electron chi connectivity index (χ2n) is 3.84. The van der Waals surface area contributed by atoms with Crippen molar-refractivity contribution in [1.82, 2.24) is 4.90 Å². The molecule has 18 heavy (non-hydrogen) atoms. The van der Waals surface area contributed by atoms with Gasteiger partial charge in [-0.25, -0.2) is 0 Å². The number of hydrogen-bond donors (Lipinski definition) is 3. The number of nitrogens with two attached hydrogens (primary N) is 1. The van der Waals surface area contributed by atoms with E-state index in [-0.39, 0.29) is 0 Å². The summed E-state index contributed by atoms with van der Waals surface area (Å²) in [7, 11) is 0. The lowest BCUT2D eigenvalue weighted by Gasteiger charge is -2.19. The molecule has 0 bridgehead atoms. The third-order valence-electron chi connectivity index (χ3n) is 2.24. The van der Waals surface area contributed by atoms with Crippen LogP contribution in [-0.2, 0) is 11.3 Å². The molecule has 0 spiro atoms. The van der Waals surface area contributed by atoms with Crippen LogP contribution in [-0.4, -0.2) is 40.7 Å². The van der Waals surface area contributed by atoms with Gasteiger partial charge in [0.2, 0.25) is 0 Å². The molecule has 0 atom stereocenters. The molecule has 0 radical (unpaired) electrons. The van der Waals surface area contributed by atoms with Crippen molar-refractivity contribution in [3.63, 3.8) is 0 Å². The second kappa shape index (κ2) is 9.44. The number of carboxylic acid groups (broad SMARTS) is 1. The van der Waals surface area contributed by atoms with Crippen LogP contribution in [0.3, 0.4) is 0 Å². The van der Waals surface area contributed by atoms with Gasteiger partial charge in [0.25, 0.3) is 5.97 Å². The number of phenolic OH excluding ortho intramolecular Hbond substituents is 1. The van der Waals surface area contributed by atoms with Crippen LogP contribution in [0.15, 0.2) is 24.3 Å². The van der Waals surface area contributed by atoms with Crippen molar-refractivity contribution in [1.29, 1.82) is 0 Å². The lowest BCUT2D eigenvalue weighted by atomic mass is 10.2. The fourth-order valence-corrected chi connectivity index (χ4v) is 1.39. The number of aliphatic carboxylic acids is 1. The van der Waals surface area contributed by atoms with E-state index < -0.39 is 5.97 Å². The molecule has 0 aliphatic rings. The molecule has 0 unspecified atom stereocenters. The average Bonchev–Trinajstić information content (AvgIpc) is 2.30. The van der Waals surface area contributed by atoms with Crippen LogP contribution < -0.4 is 5.73 Å². The summed E-state index contributed by atoms with van der Waals surface area (Å²) in [6.45, 7) is 6.70. The number of hydrogen-bond acceptors (Lipinski definition) is 4. The van der Waals surface area contributed by atoms with Gasteiger partial charge in [-0.3, -0.25) is 9.69 Å². The summed E-state index contributed by atoms with van der Waals surface area (Å²) >= 11 is 0. The maximum absolute atomic E-state index is 9.12. The zero-order valence-electron chi connectivity index (χ0n) is 11.0. The number of carbonyl (C=O) groups is 1. The minimum absolute atomic E-state index is 0.315. The quantitative estimate of drug-likeness (QED) is 0.736. The topological polar surface area (TPSA) is 86.8 Å². The van der Waals surface area contributed by atoms with Crippen molar-refractivity contribution in [3.05, 3.63) is 29.8 Å². The molecule has 0 saturated carbocycles. The van der Waals surface area contributed by atoms with E-state index in [9.17, 15) is 0 Å². The smallest absolute Gasteiger partial charge is 0.300 e. The molecule has 1 aromatic rings. The van der Waals surface area contributed by atoms with Gasteiger partial charge in [-0.2, -0.15) is 0 Å². The zero-order chi connectivity index (χ0) is 14.0. The fourth-order valence-electron chi connectivity index (χ4n) is 1.39. The summed E-state index contributed by atoms with van der Waals surface area (Å²) in [6, 6.07) is 7.31. The lowest BCUT2D eigenvalue weighted by Crippen LogP contribution is -2.28. The summed E-state index contributed by atoms with van der Waals surface area (Å²) in [6.07, 6.45) is 0. The second-order valence-corrected chi connectivity index (χ2v) is 3.84. The molecule has 5 heteroatoms. The predicted molar refractivity (Wildman–Crippen MR) is 71.4 cm³/mol. The third-order valence-corrected chi connectivity index (χ3v) is 2.24. The Morgan fingerprint density at radius 3 is 2.22 bits per heavy atom. The predicted octanol–water partition coefficient (Wildman–Crippen LogP) is 1.26. The first kappa shape index (κ1) is 16.4. The van der Waals surface area contributed by atoms with Gasteiger partial charge in [-0.1, -0.05) is 19.1 Å². The van der Waals surface area contributed by atoms with Crippen LogP contribution in [0.5, 0.6) is 5.75 Å². The SMILES string of the molecule is CC(=O)O.CCN(CCN)Cc1ccc(O)cc1. The monoisotopic (exact) mass is 254 g/mol. The van der Waals surface area contributed by atoms with Crippen LogP contribution in [0.2, 0.25) is 0 Å². The molecule has 102 valence electrons. The van der Waals surface area contributed by atoms with Gasteiger partial charge in [0.1, 0.15) is 5.75 Å². The highest BCUT2D eigenvalue weighted by Crippen LogP contribution is 2.11. The normalized spacial score (nSPS) is 9.78. The van der Waals surface area contributed by atoms with Crippen molar-refractivity contribution in [3.8, 4) is 5.75 Å². The van der Waals surface area contributed by atoms with Crippen LogP contribution >= 0.6 is 0 Å². The Labute approximate surface area is 108 Å². The van der Waals surface area contributed by atoms with E-state index >= 15 is 0 Å². The molecule has 4 N–H and O–H groups in total. The van der Waals surface area contributed by atoms with E-state index in [0.717, 1.165) is 26.6 Å². The molecule has 0 amide bonds. The van der Waals surface area contributed by atoms with Crippen molar-refractivity contribution < 1.29 is 15.0 Å². The van der Waals surface area contributed by atoms with Gasteiger partial charge in [-0.05, 0) is 24.2 Å². The zero-order valence-corrected chi connectivity index (χ0v) is 11.0. The molecular formula is C13H22N2O3. The van der Waals surface area contributed by atoms with Gasteiger partial charge in [0.05, 0.1) is 0 Å². The minimum Gasteiger partial charge on any atom is -0.508 e. The van der Waals surface area contributed by atoms with Crippen LogP contribution in [0, 0.1) is 0 Å². The largest absolute Gasteiger partial charge is 0.508 e. The maximum atomic E-state index is 9.12. The number of likely N-dealkylation sites (N-methyl/N-ethyl adjacent to an activating group) is 1. The van der Waals surface area contributed by atoms with Crippen molar-refractivity contribution in [2.75, 3.05) is 19.6 Å². The number of aromatic hydroxyl groups is 1. The molecule has 0 fully saturated rings. The Hall–Kier alpha value is -1.59. The molecule has 0 heterocycles. The summed E-state index contributed by atoms with van der Waals surface area (Å²) in [5, 5.41) is 16.5. The van der Waals surface area contributed by atoms with Crippen LogP contribution in [0.4, 0.5) is 0 Å². The van der Waals surface area contributed by atoms with Crippen molar-refractivity contribution in [2.24, 2.45) is 5.73 Å². The number of rotatable bonds is 5. The summed E-state index contributed by atoms with van der Waals surface area (Å²) in [5.74, 6) is -0.518. The standard InChI is InChI=1S/C11H18N2O.C2H4O2/c1-2-13(8-7-12)9-10-3-5-11(14)6-4-10;1-2(3)4/h3-6,14H,2,7-9,12H2,1H3;1H3,(H,3,4). The van der Waals surface area contributed by atoms with Gasteiger partial charge >= 0.3 is 0 Å². The fraction of sp³-hybridized carbons (Fsp3) is 0.462. The molecule has 1 rings (SSSR count). The van der Waals surface area contributed by atoms with Crippen LogP contribution in [0.25, 0.3) is 0 Å². The van der Waals surface area contributed by atoms with E-state index in [1.165, 1.54) is 5.56 Å². The lowest BCUT2D eigenvalue weighted by molar-refractivity contribution is -0.134. The van der Waals surface area contributed by atoms with E-state index in [0.29, 0.717) is 12.3 Å². The van der Waals surface area contributed by atoms with Crippen LogP contribution in [0.1, 0.15) is 19.4 Å². The summed E-state index contributed by atoms with van der Waals surface area (Å²) in [4.78, 5) is 11.3. The van der Waals surface area contributed by atoms with Gasteiger partial charge in [0.15, 0.2) is 0 Å². The van der Waals surface area contributed by atoms with Crippen molar-refractivity contribution in [2.45, 2.75) is 20.4 Å². The molecule has 0 aliphatic carbocycles. The molecule has 5 nitrogen and oxygen atoms in total. The maximum Gasteiger partial charge on any atom is 0.300 e. The van der Waals surface area contributed by atoms with Gasteiger partial charge < -0.3 is 15.9 Å². The number of carboxylic acids is 1. The Balaban J connectivity index is 0.000000631.